The molecular formula is C17H35NO2. The van der Waals surface area contributed by atoms with E-state index in [4.69, 9.17) is 5.11 Å². The first-order valence-electron chi connectivity index (χ1n) is 8.28. The van der Waals surface area contributed by atoms with Crippen LogP contribution >= 0.6 is 0 Å². The minimum Gasteiger partial charge on any atom is -0.396 e. The molecule has 0 heterocycles. The highest BCUT2D eigenvalue weighted by Crippen LogP contribution is 2.40. The maximum Gasteiger partial charge on any atom is 0.0580 e. The molecule has 0 radical (unpaired) electrons. The van der Waals surface area contributed by atoms with Gasteiger partial charge in [0.05, 0.1) is 6.10 Å². The highest BCUT2D eigenvalue weighted by atomic mass is 16.3. The summed E-state index contributed by atoms with van der Waals surface area (Å²) in [6.45, 7) is 13.5. The summed E-state index contributed by atoms with van der Waals surface area (Å²) in [5.74, 6) is 1.09. The highest BCUT2D eigenvalue weighted by Gasteiger charge is 2.35. The summed E-state index contributed by atoms with van der Waals surface area (Å²) in [7, 11) is 0. The first-order chi connectivity index (χ1) is 9.25. The van der Waals surface area contributed by atoms with Crippen molar-refractivity contribution in [2.45, 2.75) is 72.4 Å². The van der Waals surface area contributed by atoms with Gasteiger partial charge in [0, 0.05) is 25.7 Å². The van der Waals surface area contributed by atoms with Crippen molar-refractivity contribution < 1.29 is 10.2 Å². The molecule has 1 fully saturated rings. The lowest BCUT2D eigenvalue weighted by Crippen LogP contribution is -2.44. The molecule has 3 unspecified atom stereocenters. The van der Waals surface area contributed by atoms with Crippen molar-refractivity contribution in [3.05, 3.63) is 0 Å². The minimum absolute atomic E-state index is 0.149. The van der Waals surface area contributed by atoms with Crippen molar-refractivity contribution >= 4 is 0 Å². The van der Waals surface area contributed by atoms with Gasteiger partial charge in [-0.25, -0.2) is 0 Å². The summed E-state index contributed by atoms with van der Waals surface area (Å²) >= 11 is 0. The third-order valence-corrected chi connectivity index (χ3v) is 4.97. The van der Waals surface area contributed by atoms with E-state index in [-0.39, 0.29) is 12.7 Å². The Bertz CT molecular complexity index is 273. The summed E-state index contributed by atoms with van der Waals surface area (Å²) in [5, 5.41) is 19.4. The van der Waals surface area contributed by atoms with Gasteiger partial charge in [-0.15, -0.1) is 0 Å². The topological polar surface area (TPSA) is 43.7 Å². The normalized spacial score (nSPS) is 28.4. The van der Waals surface area contributed by atoms with E-state index >= 15 is 0 Å². The monoisotopic (exact) mass is 285 g/mol. The molecule has 0 aromatic rings. The molecule has 0 aromatic carbocycles. The second kappa shape index (κ2) is 7.77. The van der Waals surface area contributed by atoms with E-state index in [1.807, 2.05) is 0 Å². The van der Waals surface area contributed by atoms with Gasteiger partial charge in [0.2, 0.25) is 0 Å². The molecule has 1 aliphatic carbocycles. The van der Waals surface area contributed by atoms with Crippen LogP contribution in [0.15, 0.2) is 0 Å². The fraction of sp³-hybridized carbons (Fsp3) is 1.00. The maximum atomic E-state index is 10.3. The molecule has 3 atom stereocenters. The van der Waals surface area contributed by atoms with Gasteiger partial charge < -0.3 is 15.1 Å². The molecule has 1 saturated carbocycles. The average molecular weight is 285 g/mol. The number of hydrogen-bond donors (Lipinski definition) is 2. The average Bonchev–Trinajstić information content (AvgIpc) is 2.34. The summed E-state index contributed by atoms with van der Waals surface area (Å²) in [6.07, 6.45) is 3.90. The van der Waals surface area contributed by atoms with E-state index in [9.17, 15) is 5.11 Å². The van der Waals surface area contributed by atoms with Crippen LogP contribution in [0, 0.1) is 17.3 Å². The lowest BCUT2D eigenvalue weighted by atomic mass is 9.68. The van der Waals surface area contributed by atoms with Crippen LogP contribution in [0.4, 0.5) is 0 Å². The Morgan fingerprint density at radius 2 is 1.85 bits per heavy atom. The van der Waals surface area contributed by atoms with Crippen LogP contribution in [0.25, 0.3) is 0 Å². The zero-order chi connectivity index (χ0) is 15.3. The van der Waals surface area contributed by atoms with E-state index in [1.54, 1.807) is 0 Å². The van der Waals surface area contributed by atoms with Gasteiger partial charge in [-0.1, -0.05) is 20.8 Å². The first-order valence-corrected chi connectivity index (χ1v) is 8.28. The smallest absolute Gasteiger partial charge is 0.0580 e. The Balaban J connectivity index is 2.61. The highest BCUT2D eigenvalue weighted by molar-refractivity contribution is 4.87. The maximum absolute atomic E-state index is 10.3. The van der Waals surface area contributed by atoms with Gasteiger partial charge in [0.15, 0.2) is 0 Å². The third kappa shape index (κ3) is 5.34. The van der Waals surface area contributed by atoms with E-state index in [0.717, 1.165) is 38.8 Å². The van der Waals surface area contributed by atoms with Crippen molar-refractivity contribution in [3.63, 3.8) is 0 Å². The van der Waals surface area contributed by atoms with Crippen LogP contribution in [0.3, 0.4) is 0 Å². The number of nitrogens with zero attached hydrogens (tertiary/aromatic N) is 1. The van der Waals surface area contributed by atoms with E-state index in [1.165, 1.54) is 0 Å². The molecule has 20 heavy (non-hydrogen) atoms. The SMILES string of the molecule is CC(C)N(CCCO)CC1CC(C(C)(C)C)CCC1O. The van der Waals surface area contributed by atoms with Gasteiger partial charge in [-0.3, -0.25) is 0 Å². The molecule has 1 aliphatic rings. The number of rotatable bonds is 6. The fourth-order valence-electron chi connectivity index (χ4n) is 3.37. The van der Waals surface area contributed by atoms with E-state index in [0.29, 0.717) is 23.3 Å². The lowest BCUT2D eigenvalue weighted by molar-refractivity contribution is -0.00179. The van der Waals surface area contributed by atoms with Crippen molar-refractivity contribution in [3.8, 4) is 0 Å². The summed E-state index contributed by atoms with van der Waals surface area (Å²) in [6, 6.07) is 0.476. The zero-order valence-corrected chi connectivity index (χ0v) is 14.1. The van der Waals surface area contributed by atoms with Crippen LogP contribution in [-0.2, 0) is 0 Å². The lowest BCUT2D eigenvalue weighted by Gasteiger charge is -2.42. The van der Waals surface area contributed by atoms with Crippen molar-refractivity contribution in [2.75, 3.05) is 19.7 Å². The molecule has 0 saturated heterocycles. The number of aliphatic hydroxyl groups excluding tert-OH is 2. The summed E-state index contributed by atoms with van der Waals surface area (Å²) in [4.78, 5) is 2.41. The minimum atomic E-state index is -0.149. The van der Waals surface area contributed by atoms with Gasteiger partial charge in [-0.05, 0) is 56.8 Å². The molecule has 3 heteroatoms. The van der Waals surface area contributed by atoms with Crippen molar-refractivity contribution in [2.24, 2.45) is 17.3 Å². The fourth-order valence-corrected chi connectivity index (χ4v) is 3.37. The summed E-state index contributed by atoms with van der Waals surface area (Å²) < 4.78 is 0. The van der Waals surface area contributed by atoms with Gasteiger partial charge in [0.25, 0.3) is 0 Å². The van der Waals surface area contributed by atoms with E-state index < -0.39 is 0 Å². The molecule has 2 N–H and O–H groups in total. The Labute approximate surface area is 125 Å². The zero-order valence-electron chi connectivity index (χ0n) is 14.1. The molecule has 1 rings (SSSR count). The number of hydrogen-bond acceptors (Lipinski definition) is 3. The van der Waals surface area contributed by atoms with Crippen LogP contribution in [0.5, 0.6) is 0 Å². The van der Waals surface area contributed by atoms with Crippen LogP contribution < -0.4 is 0 Å². The second-order valence-electron chi connectivity index (χ2n) is 7.87. The predicted octanol–water partition coefficient (Wildman–Crippen LogP) is 2.90. The molecule has 0 aromatic heterocycles. The van der Waals surface area contributed by atoms with Crippen LogP contribution in [0.1, 0.15) is 60.3 Å². The predicted molar refractivity (Wildman–Crippen MR) is 84.7 cm³/mol. The Morgan fingerprint density at radius 1 is 1.20 bits per heavy atom. The number of aliphatic hydroxyl groups is 2. The van der Waals surface area contributed by atoms with Crippen LogP contribution in [0.2, 0.25) is 0 Å². The Morgan fingerprint density at radius 3 is 2.35 bits per heavy atom. The largest absolute Gasteiger partial charge is 0.396 e. The standard InChI is InChI=1S/C17H35NO2/c1-13(2)18(9-6-10-19)12-14-11-15(17(3,4)5)7-8-16(14)20/h13-16,19-20H,6-12H2,1-5H3. The molecule has 0 spiro atoms. The summed E-state index contributed by atoms with van der Waals surface area (Å²) in [5.41, 5.74) is 0.339. The van der Waals surface area contributed by atoms with Gasteiger partial charge >= 0.3 is 0 Å². The second-order valence-corrected chi connectivity index (χ2v) is 7.87. The first kappa shape index (κ1) is 17.9. The van der Waals surface area contributed by atoms with Crippen LogP contribution in [-0.4, -0.2) is 47.0 Å². The van der Waals surface area contributed by atoms with Crippen molar-refractivity contribution in [1.82, 2.24) is 4.90 Å². The third-order valence-electron chi connectivity index (χ3n) is 4.97. The van der Waals surface area contributed by atoms with Gasteiger partial charge in [-0.2, -0.15) is 0 Å². The molecule has 0 aliphatic heterocycles. The quantitative estimate of drug-likeness (QED) is 0.788. The van der Waals surface area contributed by atoms with Crippen molar-refractivity contribution in [1.29, 1.82) is 0 Å². The molecule has 3 nitrogen and oxygen atoms in total. The van der Waals surface area contributed by atoms with E-state index in [2.05, 4.69) is 39.5 Å². The Hall–Kier alpha value is -0.120. The molecule has 120 valence electrons. The Kier molecular flexibility index (Phi) is 6.96. The molecule has 0 amide bonds. The van der Waals surface area contributed by atoms with Gasteiger partial charge in [0.1, 0.15) is 0 Å². The molecule has 0 bridgehead atoms. The molecular weight excluding hydrogens is 250 g/mol.